The molecule has 0 saturated heterocycles. The average Bonchev–Trinajstić information content (AvgIpc) is 3.02. The number of benzene rings is 2. The van der Waals surface area contributed by atoms with Crippen LogP contribution in [-0.2, 0) is 11.4 Å². The smallest absolute Gasteiger partial charge is 0.234 e. The third-order valence-corrected chi connectivity index (χ3v) is 5.14. The van der Waals surface area contributed by atoms with Crippen LogP contribution in [0.15, 0.2) is 41.6 Å². The molecule has 10 heteroatoms. The van der Waals surface area contributed by atoms with E-state index in [4.69, 9.17) is 22.2 Å². The molecular formula is C19H19ClFN5O2S. The molecule has 152 valence electrons. The number of amides is 1. The molecule has 3 rings (SSSR count). The molecule has 0 fully saturated rings. The van der Waals surface area contributed by atoms with Crippen LogP contribution >= 0.6 is 23.4 Å². The van der Waals surface area contributed by atoms with Crippen LogP contribution in [0.25, 0.3) is 0 Å². The van der Waals surface area contributed by atoms with Gasteiger partial charge in [0, 0.05) is 5.02 Å². The van der Waals surface area contributed by atoms with Gasteiger partial charge in [-0.25, -0.2) is 9.07 Å². The van der Waals surface area contributed by atoms with Gasteiger partial charge >= 0.3 is 0 Å². The number of thioether (sulfide) groups is 1. The maximum absolute atomic E-state index is 13.7. The summed E-state index contributed by atoms with van der Waals surface area (Å²) in [6.45, 7) is 4.10. The number of aromatic nitrogens is 3. The van der Waals surface area contributed by atoms with Crippen LogP contribution in [0.2, 0.25) is 5.02 Å². The second kappa shape index (κ2) is 9.15. The fourth-order valence-electron chi connectivity index (χ4n) is 2.52. The maximum atomic E-state index is 13.7. The number of hydrogen-bond donors (Lipinski definition) is 2. The van der Waals surface area contributed by atoms with Gasteiger partial charge < -0.3 is 15.9 Å². The summed E-state index contributed by atoms with van der Waals surface area (Å²) in [6.07, 6.45) is 0. The third-order valence-electron chi connectivity index (χ3n) is 3.96. The molecule has 7 nitrogen and oxygen atoms in total. The first-order valence-corrected chi connectivity index (χ1v) is 9.97. The van der Waals surface area contributed by atoms with Crippen LogP contribution < -0.4 is 15.9 Å². The third kappa shape index (κ3) is 5.39. The number of ether oxygens (including phenoxy) is 1. The first-order valence-electron chi connectivity index (χ1n) is 8.60. The van der Waals surface area contributed by atoms with E-state index in [-0.39, 0.29) is 18.0 Å². The molecule has 0 radical (unpaired) electrons. The molecule has 29 heavy (non-hydrogen) atoms. The quantitative estimate of drug-likeness (QED) is 0.434. The van der Waals surface area contributed by atoms with Gasteiger partial charge in [-0.3, -0.25) is 4.79 Å². The Morgan fingerprint density at radius 1 is 1.28 bits per heavy atom. The highest BCUT2D eigenvalue weighted by Gasteiger charge is 2.14. The predicted molar refractivity (Wildman–Crippen MR) is 111 cm³/mol. The van der Waals surface area contributed by atoms with Crippen molar-refractivity contribution in [3.63, 3.8) is 0 Å². The highest BCUT2D eigenvalue weighted by Crippen LogP contribution is 2.22. The second-order valence-electron chi connectivity index (χ2n) is 6.29. The number of rotatable bonds is 7. The Hall–Kier alpha value is -2.78. The minimum absolute atomic E-state index is 0.0138. The van der Waals surface area contributed by atoms with Crippen molar-refractivity contribution in [2.24, 2.45) is 0 Å². The average molecular weight is 436 g/mol. The lowest BCUT2D eigenvalue weighted by molar-refractivity contribution is -0.113. The SMILES string of the molecule is Cc1ccc(OCc2nnc(SCC(=O)Nc3cc(Cl)ccc3F)n2N)c(C)c1. The first-order chi connectivity index (χ1) is 13.8. The standard InChI is InChI=1S/C19H19ClFN5O2S/c1-11-3-6-16(12(2)7-11)28-9-17-24-25-19(26(17)22)29-10-18(27)23-15-8-13(20)4-5-14(15)21/h3-8H,9-10,22H2,1-2H3,(H,23,27). The van der Waals surface area contributed by atoms with Gasteiger partial charge in [-0.15, -0.1) is 10.2 Å². The Bertz CT molecular complexity index is 1040. The lowest BCUT2D eigenvalue weighted by Crippen LogP contribution is -2.18. The van der Waals surface area contributed by atoms with E-state index < -0.39 is 11.7 Å². The van der Waals surface area contributed by atoms with Crippen LogP contribution in [0.5, 0.6) is 5.75 Å². The van der Waals surface area contributed by atoms with Crippen LogP contribution in [-0.4, -0.2) is 26.5 Å². The van der Waals surface area contributed by atoms with Crippen molar-refractivity contribution in [2.45, 2.75) is 25.6 Å². The van der Waals surface area contributed by atoms with Crippen LogP contribution in [0.4, 0.5) is 10.1 Å². The van der Waals surface area contributed by atoms with E-state index in [1.165, 1.54) is 22.9 Å². The molecule has 1 heterocycles. The number of carbonyl (C=O) groups is 1. The molecular weight excluding hydrogens is 417 g/mol. The van der Waals surface area contributed by atoms with Gasteiger partial charge in [-0.05, 0) is 43.7 Å². The minimum Gasteiger partial charge on any atom is -0.485 e. The highest BCUT2D eigenvalue weighted by molar-refractivity contribution is 7.99. The van der Waals surface area contributed by atoms with Gasteiger partial charge in [0.25, 0.3) is 0 Å². The number of carbonyl (C=O) groups excluding carboxylic acids is 1. The molecule has 0 aliphatic rings. The molecule has 0 bridgehead atoms. The number of halogens is 2. The number of nitrogens with zero attached hydrogens (tertiary/aromatic N) is 3. The van der Waals surface area contributed by atoms with Crippen molar-refractivity contribution < 1.29 is 13.9 Å². The van der Waals surface area contributed by atoms with E-state index in [0.717, 1.165) is 28.6 Å². The van der Waals surface area contributed by atoms with E-state index in [0.29, 0.717) is 16.0 Å². The Labute approximate surface area is 176 Å². The van der Waals surface area contributed by atoms with Gasteiger partial charge in [0.15, 0.2) is 5.82 Å². The number of nitrogens with one attached hydrogen (secondary N) is 1. The Kier molecular flexibility index (Phi) is 6.60. The number of nitrogens with two attached hydrogens (primary N) is 1. The molecule has 3 aromatic rings. The highest BCUT2D eigenvalue weighted by atomic mass is 35.5. The van der Waals surface area contributed by atoms with E-state index in [2.05, 4.69) is 15.5 Å². The summed E-state index contributed by atoms with van der Waals surface area (Å²) in [5.41, 5.74) is 2.17. The minimum atomic E-state index is -0.569. The van der Waals surface area contributed by atoms with E-state index in [1.54, 1.807) is 0 Å². The fraction of sp³-hybridized carbons (Fsp3) is 0.211. The lowest BCUT2D eigenvalue weighted by atomic mass is 10.1. The van der Waals surface area contributed by atoms with Crippen LogP contribution in [0.1, 0.15) is 17.0 Å². The topological polar surface area (TPSA) is 95.1 Å². The van der Waals surface area contributed by atoms with Crippen LogP contribution in [0, 0.1) is 19.7 Å². The van der Waals surface area contributed by atoms with Crippen molar-refractivity contribution in [1.82, 2.24) is 14.9 Å². The summed E-state index contributed by atoms with van der Waals surface area (Å²) in [5, 5.41) is 11.1. The monoisotopic (exact) mass is 435 g/mol. The molecule has 0 unspecified atom stereocenters. The number of hydrogen-bond acceptors (Lipinski definition) is 6. The van der Waals surface area contributed by atoms with E-state index >= 15 is 0 Å². The molecule has 1 aromatic heterocycles. The van der Waals surface area contributed by atoms with Gasteiger partial charge in [0.2, 0.25) is 11.1 Å². The summed E-state index contributed by atoms with van der Waals surface area (Å²) in [7, 11) is 0. The molecule has 0 spiro atoms. The molecule has 3 N–H and O–H groups in total. The van der Waals surface area contributed by atoms with Crippen molar-refractivity contribution >= 4 is 35.0 Å². The molecule has 0 saturated carbocycles. The van der Waals surface area contributed by atoms with E-state index in [1.807, 2.05) is 32.0 Å². The van der Waals surface area contributed by atoms with Gasteiger partial charge in [-0.2, -0.15) is 0 Å². The molecule has 1 amide bonds. The summed E-state index contributed by atoms with van der Waals surface area (Å²) < 4.78 is 20.7. The zero-order valence-electron chi connectivity index (χ0n) is 15.8. The van der Waals surface area contributed by atoms with E-state index in [9.17, 15) is 9.18 Å². The zero-order chi connectivity index (χ0) is 21.0. The number of anilines is 1. The maximum Gasteiger partial charge on any atom is 0.234 e. The molecule has 0 aliphatic carbocycles. The van der Waals surface area contributed by atoms with Gasteiger partial charge in [-0.1, -0.05) is 41.1 Å². The normalized spacial score (nSPS) is 10.8. The summed E-state index contributed by atoms with van der Waals surface area (Å²) in [6, 6.07) is 9.79. The fourth-order valence-corrected chi connectivity index (χ4v) is 3.36. The zero-order valence-corrected chi connectivity index (χ0v) is 17.4. The summed E-state index contributed by atoms with van der Waals surface area (Å²) >= 11 is 6.89. The van der Waals surface area contributed by atoms with Gasteiger partial charge in [0.05, 0.1) is 11.4 Å². The number of aryl methyl sites for hydroxylation is 2. The Balaban J connectivity index is 1.56. The largest absolute Gasteiger partial charge is 0.485 e. The number of nitrogen functional groups attached to an aromatic ring is 1. The molecule has 2 aromatic carbocycles. The first kappa shape index (κ1) is 20.9. The van der Waals surface area contributed by atoms with Crippen LogP contribution in [0.3, 0.4) is 0 Å². The van der Waals surface area contributed by atoms with Gasteiger partial charge in [0.1, 0.15) is 18.2 Å². The lowest BCUT2D eigenvalue weighted by Gasteiger charge is -2.09. The van der Waals surface area contributed by atoms with Crippen molar-refractivity contribution in [3.8, 4) is 5.75 Å². The molecule has 0 aliphatic heterocycles. The van der Waals surface area contributed by atoms with Crippen molar-refractivity contribution in [3.05, 3.63) is 64.2 Å². The summed E-state index contributed by atoms with van der Waals surface area (Å²) in [4.78, 5) is 12.1. The second-order valence-corrected chi connectivity index (χ2v) is 7.67. The summed E-state index contributed by atoms with van der Waals surface area (Å²) in [5.74, 6) is 6.12. The Morgan fingerprint density at radius 2 is 2.07 bits per heavy atom. The predicted octanol–water partition coefficient (Wildman–Crippen LogP) is 3.71. The van der Waals surface area contributed by atoms with Crippen molar-refractivity contribution in [1.29, 1.82) is 0 Å². The van der Waals surface area contributed by atoms with Crippen molar-refractivity contribution in [2.75, 3.05) is 16.9 Å². The molecule has 0 atom stereocenters. The Morgan fingerprint density at radius 3 is 2.83 bits per heavy atom.